The second-order valence-electron chi connectivity index (χ2n) is 5.68. The smallest absolute Gasteiger partial charge is 0.332 e. The highest BCUT2D eigenvalue weighted by atomic mass is 16.5. The molecular formula is C19H23N3O3. The first-order chi connectivity index (χ1) is 12.0. The summed E-state index contributed by atoms with van der Waals surface area (Å²) < 4.78 is 11.5. The molecule has 2 aromatic carbocycles. The van der Waals surface area contributed by atoms with Crippen LogP contribution in [0.4, 0.5) is 4.79 Å². The Morgan fingerprint density at radius 3 is 2.44 bits per heavy atom. The van der Waals surface area contributed by atoms with E-state index in [-0.39, 0.29) is 0 Å². The lowest BCUT2D eigenvalue weighted by Gasteiger charge is -2.09. The van der Waals surface area contributed by atoms with Crippen LogP contribution in [0.2, 0.25) is 0 Å². The second kappa shape index (κ2) is 9.32. The fourth-order valence-electron chi connectivity index (χ4n) is 2.31. The molecule has 6 heteroatoms. The van der Waals surface area contributed by atoms with E-state index < -0.39 is 6.03 Å². The summed E-state index contributed by atoms with van der Waals surface area (Å²) in [5.41, 5.74) is 10.3. The monoisotopic (exact) mass is 341 g/mol. The lowest BCUT2D eigenvalue weighted by molar-refractivity contribution is 0.247. The predicted molar refractivity (Wildman–Crippen MR) is 98.3 cm³/mol. The number of urea groups is 1. The highest BCUT2D eigenvalue weighted by molar-refractivity contribution is 5.81. The van der Waals surface area contributed by atoms with Crippen molar-refractivity contribution in [3.8, 4) is 11.5 Å². The van der Waals surface area contributed by atoms with Gasteiger partial charge in [0.15, 0.2) is 0 Å². The predicted octanol–water partition coefficient (Wildman–Crippen LogP) is 3.15. The van der Waals surface area contributed by atoms with Gasteiger partial charge in [0.25, 0.3) is 0 Å². The Kier molecular flexibility index (Phi) is 6.83. The van der Waals surface area contributed by atoms with Gasteiger partial charge >= 0.3 is 6.03 Å². The number of benzene rings is 2. The van der Waals surface area contributed by atoms with Gasteiger partial charge in [-0.05, 0) is 54.8 Å². The summed E-state index contributed by atoms with van der Waals surface area (Å²) in [6.45, 7) is 5.24. The molecule has 0 aromatic heterocycles. The molecule has 0 atom stereocenters. The van der Waals surface area contributed by atoms with Crippen molar-refractivity contribution in [2.24, 2.45) is 10.8 Å². The number of hydrogen-bond donors (Lipinski definition) is 2. The number of primary amides is 1. The summed E-state index contributed by atoms with van der Waals surface area (Å²) in [6.07, 6.45) is 2.27. The quantitative estimate of drug-likeness (QED) is 0.439. The Labute approximate surface area is 147 Å². The standard InChI is InChI=1S/C19H23N3O3/c1-14-9-15(2)11-18(10-14)25-8-4-7-24-17-6-3-5-16(12-17)13-21-22-19(20)23/h3,5-6,9-13H,4,7-8H2,1-2H3,(H3,20,22,23). The Morgan fingerprint density at radius 1 is 1.08 bits per heavy atom. The Balaban J connectivity index is 1.74. The van der Waals surface area contributed by atoms with Crippen molar-refractivity contribution in [2.45, 2.75) is 20.3 Å². The van der Waals surface area contributed by atoms with E-state index in [9.17, 15) is 4.79 Å². The summed E-state index contributed by atoms with van der Waals surface area (Å²) in [4.78, 5) is 10.6. The molecule has 132 valence electrons. The molecule has 0 fully saturated rings. The summed E-state index contributed by atoms with van der Waals surface area (Å²) in [5.74, 6) is 1.62. The molecule has 0 aliphatic rings. The van der Waals surface area contributed by atoms with Crippen LogP contribution in [-0.2, 0) is 0 Å². The van der Waals surface area contributed by atoms with E-state index in [0.717, 1.165) is 23.5 Å². The number of ether oxygens (including phenoxy) is 2. The number of carbonyl (C=O) groups excluding carboxylic acids is 1. The molecule has 0 aliphatic heterocycles. The maximum atomic E-state index is 10.6. The number of hydrogen-bond acceptors (Lipinski definition) is 4. The Morgan fingerprint density at radius 2 is 1.76 bits per heavy atom. The van der Waals surface area contributed by atoms with E-state index in [2.05, 4.69) is 30.4 Å². The van der Waals surface area contributed by atoms with Crippen molar-refractivity contribution in [1.29, 1.82) is 0 Å². The zero-order valence-electron chi connectivity index (χ0n) is 14.5. The van der Waals surface area contributed by atoms with Crippen molar-refractivity contribution in [3.05, 3.63) is 59.2 Å². The lowest BCUT2D eigenvalue weighted by atomic mass is 10.1. The van der Waals surface area contributed by atoms with Crippen LogP contribution in [0, 0.1) is 13.8 Å². The molecule has 0 radical (unpaired) electrons. The lowest BCUT2D eigenvalue weighted by Crippen LogP contribution is -2.24. The fraction of sp³-hybridized carbons (Fsp3) is 0.263. The molecule has 0 spiro atoms. The van der Waals surface area contributed by atoms with Gasteiger partial charge in [-0.2, -0.15) is 5.10 Å². The molecule has 0 unspecified atom stereocenters. The van der Waals surface area contributed by atoms with Crippen LogP contribution in [0.1, 0.15) is 23.1 Å². The van der Waals surface area contributed by atoms with Crippen molar-refractivity contribution in [3.63, 3.8) is 0 Å². The summed E-state index contributed by atoms with van der Waals surface area (Å²) >= 11 is 0. The largest absolute Gasteiger partial charge is 0.493 e. The second-order valence-corrected chi connectivity index (χ2v) is 5.68. The molecule has 2 rings (SSSR count). The van der Waals surface area contributed by atoms with E-state index in [1.54, 1.807) is 0 Å². The number of nitrogens with zero attached hydrogens (tertiary/aromatic N) is 1. The van der Waals surface area contributed by atoms with E-state index in [1.807, 2.05) is 36.4 Å². The minimum absolute atomic E-state index is 0.547. The fourth-order valence-corrected chi connectivity index (χ4v) is 2.31. The van der Waals surface area contributed by atoms with E-state index in [4.69, 9.17) is 15.2 Å². The average Bonchev–Trinajstić information content (AvgIpc) is 2.54. The molecule has 6 nitrogen and oxygen atoms in total. The summed E-state index contributed by atoms with van der Waals surface area (Å²) in [7, 11) is 0. The van der Waals surface area contributed by atoms with Crippen molar-refractivity contribution >= 4 is 12.2 Å². The van der Waals surface area contributed by atoms with Gasteiger partial charge in [0.05, 0.1) is 19.4 Å². The molecule has 0 bridgehead atoms. The number of carbonyl (C=O) groups is 1. The molecule has 0 saturated heterocycles. The van der Waals surface area contributed by atoms with Gasteiger partial charge in [0.2, 0.25) is 0 Å². The number of hydrazone groups is 1. The molecule has 0 saturated carbocycles. The van der Waals surface area contributed by atoms with Crippen LogP contribution in [0.5, 0.6) is 11.5 Å². The van der Waals surface area contributed by atoms with Crippen molar-refractivity contribution in [1.82, 2.24) is 5.43 Å². The third-order valence-corrected chi connectivity index (χ3v) is 3.27. The molecule has 25 heavy (non-hydrogen) atoms. The molecular weight excluding hydrogens is 318 g/mol. The third kappa shape index (κ3) is 6.95. The first kappa shape index (κ1) is 18.3. The van der Waals surface area contributed by atoms with Crippen LogP contribution in [0.15, 0.2) is 47.6 Å². The first-order valence-corrected chi connectivity index (χ1v) is 8.05. The van der Waals surface area contributed by atoms with Crippen molar-refractivity contribution in [2.75, 3.05) is 13.2 Å². The molecule has 0 aliphatic carbocycles. The number of nitrogens with two attached hydrogens (primary N) is 1. The van der Waals surface area contributed by atoms with Gasteiger partial charge < -0.3 is 15.2 Å². The molecule has 2 aromatic rings. The molecule has 2 amide bonds. The van der Waals surface area contributed by atoms with Crippen LogP contribution in [0.25, 0.3) is 0 Å². The molecule has 3 N–H and O–H groups in total. The highest BCUT2D eigenvalue weighted by Crippen LogP contribution is 2.16. The minimum atomic E-state index is -0.701. The maximum Gasteiger partial charge on any atom is 0.332 e. The molecule has 0 heterocycles. The zero-order chi connectivity index (χ0) is 18.1. The van der Waals surface area contributed by atoms with Crippen LogP contribution in [0.3, 0.4) is 0 Å². The van der Waals surface area contributed by atoms with E-state index in [1.165, 1.54) is 17.3 Å². The maximum absolute atomic E-state index is 10.6. The first-order valence-electron chi connectivity index (χ1n) is 8.05. The van der Waals surface area contributed by atoms with Gasteiger partial charge in [-0.15, -0.1) is 0 Å². The summed E-state index contributed by atoms with van der Waals surface area (Å²) in [6, 6.07) is 12.9. The zero-order valence-corrected chi connectivity index (χ0v) is 14.5. The van der Waals surface area contributed by atoms with Gasteiger partial charge in [-0.1, -0.05) is 18.2 Å². The third-order valence-electron chi connectivity index (χ3n) is 3.27. The van der Waals surface area contributed by atoms with Crippen molar-refractivity contribution < 1.29 is 14.3 Å². The summed E-state index contributed by atoms with van der Waals surface area (Å²) in [5, 5.41) is 3.71. The average molecular weight is 341 g/mol. The number of nitrogens with one attached hydrogen (secondary N) is 1. The number of amides is 2. The number of aryl methyl sites for hydroxylation is 2. The van der Waals surface area contributed by atoms with Crippen LogP contribution in [-0.4, -0.2) is 25.5 Å². The minimum Gasteiger partial charge on any atom is -0.493 e. The van der Waals surface area contributed by atoms with E-state index >= 15 is 0 Å². The topological polar surface area (TPSA) is 85.9 Å². The highest BCUT2D eigenvalue weighted by Gasteiger charge is 1.99. The number of rotatable bonds is 8. The van der Waals surface area contributed by atoms with Crippen LogP contribution >= 0.6 is 0 Å². The Hall–Kier alpha value is -3.02. The van der Waals surface area contributed by atoms with E-state index in [0.29, 0.717) is 13.2 Å². The van der Waals surface area contributed by atoms with Crippen LogP contribution < -0.4 is 20.6 Å². The van der Waals surface area contributed by atoms with Gasteiger partial charge in [0.1, 0.15) is 11.5 Å². The Bertz CT molecular complexity index is 724. The van der Waals surface area contributed by atoms with Gasteiger partial charge in [-0.25, -0.2) is 10.2 Å². The van der Waals surface area contributed by atoms with Gasteiger partial charge in [0, 0.05) is 6.42 Å². The normalized spacial score (nSPS) is 10.6. The SMILES string of the molecule is Cc1cc(C)cc(OCCCOc2cccc(C=NNC(N)=O)c2)c1. The van der Waals surface area contributed by atoms with Gasteiger partial charge in [-0.3, -0.25) is 0 Å².